The van der Waals surface area contributed by atoms with Crippen molar-refractivity contribution in [1.82, 2.24) is 4.98 Å². The Balaban J connectivity index is 2.45. The molecule has 0 aliphatic heterocycles. The van der Waals surface area contributed by atoms with E-state index in [1.54, 1.807) is 19.1 Å². The molecule has 0 atom stereocenters. The Morgan fingerprint density at radius 1 is 1.25 bits per heavy atom. The van der Waals surface area contributed by atoms with Gasteiger partial charge in [0.25, 0.3) is 15.7 Å². The van der Waals surface area contributed by atoms with Crippen LogP contribution in [0.1, 0.15) is 15.9 Å². The zero-order valence-electron chi connectivity index (χ0n) is 12.1. The number of nitrogens with zero attached hydrogens (tertiary/aromatic N) is 1. The Hall–Kier alpha value is -1.94. The summed E-state index contributed by atoms with van der Waals surface area (Å²) >= 11 is 3.24. The van der Waals surface area contributed by atoms with Crippen molar-refractivity contribution in [2.75, 3.05) is 5.32 Å². The molecule has 5 nitrogen and oxygen atoms in total. The van der Waals surface area contributed by atoms with Crippen LogP contribution in [0, 0.1) is 6.92 Å². The highest BCUT2D eigenvalue weighted by Crippen LogP contribution is 2.31. The van der Waals surface area contributed by atoms with Gasteiger partial charge in [-0.15, -0.1) is 0 Å². The first-order chi connectivity index (χ1) is 11.0. The lowest BCUT2D eigenvalue weighted by Gasteiger charge is -2.13. The van der Waals surface area contributed by atoms with E-state index in [1.807, 2.05) is 0 Å². The van der Waals surface area contributed by atoms with Gasteiger partial charge in [0, 0.05) is 16.4 Å². The highest BCUT2D eigenvalue weighted by molar-refractivity contribution is 9.10. The average molecular weight is 423 g/mol. The maximum absolute atomic E-state index is 12.7. The lowest BCUT2D eigenvalue weighted by Crippen LogP contribution is -2.27. The predicted octanol–water partition coefficient (Wildman–Crippen LogP) is 3.70. The molecule has 2 aromatic rings. The molecular formula is C14H10BrF3N2O3S. The predicted molar refractivity (Wildman–Crippen MR) is 84.3 cm³/mol. The molecule has 0 saturated heterocycles. The highest BCUT2D eigenvalue weighted by atomic mass is 79.9. The Bertz CT molecular complexity index is 898. The van der Waals surface area contributed by atoms with Crippen molar-refractivity contribution in [2.45, 2.75) is 17.5 Å². The third-order valence-electron chi connectivity index (χ3n) is 3.01. The number of alkyl halides is 3. The van der Waals surface area contributed by atoms with Crippen molar-refractivity contribution < 1.29 is 26.4 Å². The summed E-state index contributed by atoms with van der Waals surface area (Å²) in [4.78, 5) is 15.5. The lowest BCUT2D eigenvalue weighted by molar-refractivity contribution is -0.0438. The van der Waals surface area contributed by atoms with Gasteiger partial charge in [-0.2, -0.15) is 13.2 Å². The van der Waals surface area contributed by atoms with E-state index in [9.17, 15) is 26.4 Å². The number of hydrogen-bond donors (Lipinski definition) is 1. The molecule has 0 bridgehead atoms. The molecule has 0 aliphatic rings. The largest absolute Gasteiger partial charge is 0.503 e. The van der Waals surface area contributed by atoms with E-state index >= 15 is 0 Å². The number of carbonyl (C=O) groups excluding carboxylic acids is 1. The third kappa shape index (κ3) is 3.59. The van der Waals surface area contributed by atoms with Crippen molar-refractivity contribution in [1.29, 1.82) is 0 Å². The minimum Gasteiger partial charge on any atom is -0.322 e. The number of hydrogen-bond acceptors (Lipinski definition) is 4. The Kier molecular flexibility index (Phi) is 5.00. The van der Waals surface area contributed by atoms with Crippen molar-refractivity contribution in [3.63, 3.8) is 0 Å². The number of anilines is 1. The normalized spacial score (nSPS) is 12.0. The van der Waals surface area contributed by atoms with Gasteiger partial charge >= 0.3 is 5.51 Å². The maximum atomic E-state index is 12.7. The summed E-state index contributed by atoms with van der Waals surface area (Å²) in [5.41, 5.74) is -5.26. The summed E-state index contributed by atoms with van der Waals surface area (Å²) in [6.07, 6.45) is 0.875. The molecule has 0 fully saturated rings. The molecule has 1 aromatic carbocycles. The molecule has 24 heavy (non-hydrogen) atoms. The zero-order chi connectivity index (χ0) is 18.1. The second kappa shape index (κ2) is 6.52. The Morgan fingerprint density at radius 2 is 1.92 bits per heavy atom. The van der Waals surface area contributed by atoms with Gasteiger partial charge in [-0.25, -0.2) is 13.4 Å². The Labute approximate surface area is 144 Å². The van der Waals surface area contributed by atoms with Gasteiger partial charge in [-0.05, 0) is 42.8 Å². The molecule has 0 saturated carbocycles. The molecule has 0 spiro atoms. The topological polar surface area (TPSA) is 76.1 Å². The number of rotatable bonds is 3. The van der Waals surface area contributed by atoms with Gasteiger partial charge in [0.15, 0.2) is 5.03 Å². The first kappa shape index (κ1) is 18.4. The fourth-order valence-corrected chi connectivity index (χ4v) is 3.19. The summed E-state index contributed by atoms with van der Waals surface area (Å²) in [5, 5.41) is 1.06. The second-order valence-corrected chi connectivity index (χ2v) is 7.49. The third-order valence-corrected chi connectivity index (χ3v) is 4.95. The van der Waals surface area contributed by atoms with Crippen molar-refractivity contribution >= 4 is 37.4 Å². The van der Waals surface area contributed by atoms with Gasteiger partial charge < -0.3 is 5.32 Å². The molecule has 1 amide bonds. The van der Waals surface area contributed by atoms with E-state index in [4.69, 9.17) is 0 Å². The van der Waals surface area contributed by atoms with E-state index in [1.165, 1.54) is 12.1 Å². The molecule has 0 radical (unpaired) electrons. The number of pyridine rings is 1. The number of amides is 1. The highest BCUT2D eigenvalue weighted by Gasteiger charge is 2.49. The number of carbonyl (C=O) groups is 1. The van der Waals surface area contributed by atoms with Gasteiger partial charge in [0.2, 0.25) is 0 Å². The summed E-state index contributed by atoms with van der Waals surface area (Å²) in [6, 6.07) is 6.99. The molecule has 10 heteroatoms. The molecule has 0 unspecified atom stereocenters. The Morgan fingerprint density at radius 3 is 2.50 bits per heavy atom. The molecule has 0 aliphatic carbocycles. The number of nitrogens with one attached hydrogen (secondary N) is 1. The molecule has 128 valence electrons. The fraction of sp³-hybridized carbons (Fsp3) is 0.143. The maximum Gasteiger partial charge on any atom is 0.503 e. The second-order valence-electron chi connectivity index (χ2n) is 4.72. The van der Waals surface area contributed by atoms with Crippen LogP contribution < -0.4 is 5.32 Å². The standard InChI is InChI=1S/C14H10BrF3N2O3S/c1-8-7-9(15)4-5-11(8)20-12(21)10-3-2-6-19-13(10)24(22,23)14(16,17)18/h2-7H,1H3,(H,20,21). The van der Waals surface area contributed by atoms with Crippen LogP contribution in [0.4, 0.5) is 18.9 Å². The summed E-state index contributed by atoms with van der Waals surface area (Å²) in [5.74, 6) is -1.00. The molecule has 1 N–H and O–H groups in total. The van der Waals surface area contributed by atoms with Crippen LogP contribution in [-0.4, -0.2) is 24.8 Å². The van der Waals surface area contributed by atoms with Gasteiger partial charge in [0.05, 0.1) is 5.56 Å². The van der Waals surface area contributed by atoms with E-state index in [0.29, 0.717) is 11.3 Å². The fourth-order valence-electron chi connectivity index (χ4n) is 1.84. The summed E-state index contributed by atoms with van der Waals surface area (Å²) in [7, 11) is -5.74. The van der Waals surface area contributed by atoms with E-state index in [2.05, 4.69) is 26.2 Å². The summed E-state index contributed by atoms with van der Waals surface area (Å²) < 4.78 is 62.1. The van der Waals surface area contributed by atoms with Gasteiger partial charge in [0.1, 0.15) is 0 Å². The first-order valence-corrected chi connectivity index (χ1v) is 8.65. The van der Waals surface area contributed by atoms with E-state index in [-0.39, 0.29) is 0 Å². The van der Waals surface area contributed by atoms with Crippen LogP contribution in [0.3, 0.4) is 0 Å². The minimum atomic E-state index is -5.74. The van der Waals surface area contributed by atoms with Crippen LogP contribution in [0.25, 0.3) is 0 Å². The molecule has 1 aromatic heterocycles. The average Bonchev–Trinajstić information content (AvgIpc) is 2.49. The smallest absolute Gasteiger partial charge is 0.322 e. The minimum absolute atomic E-state index is 0.336. The number of sulfone groups is 1. The molecular weight excluding hydrogens is 413 g/mol. The number of benzene rings is 1. The van der Waals surface area contributed by atoms with Crippen molar-refractivity contribution in [3.8, 4) is 0 Å². The van der Waals surface area contributed by atoms with Gasteiger partial charge in [-0.1, -0.05) is 15.9 Å². The number of halogens is 4. The summed E-state index contributed by atoms with van der Waals surface area (Å²) in [6.45, 7) is 1.68. The van der Waals surface area contributed by atoms with Crippen LogP contribution in [0.15, 0.2) is 46.0 Å². The van der Waals surface area contributed by atoms with Crippen LogP contribution >= 0.6 is 15.9 Å². The SMILES string of the molecule is Cc1cc(Br)ccc1NC(=O)c1cccnc1S(=O)(=O)C(F)(F)F. The number of aryl methyl sites for hydroxylation is 1. The van der Waals surface area contributed by atoms with E-state index < -0.39 is 31.8 Å². The lowest BCUT2D eigenvalue weighted by atomic mass is 10.2. The number of aromatic nitrogens is 1. The van der Waals surface area contributed by atoms with Crippen molar-refractivity contribution in [2.24, 2.45) is 0 Å². The van der Waals surface area contributed by atoms with Gasteiger partial charge in [-0.3, -0.25) is 4.79 Å². The quantitative estimate of drug-likeness (QED) is 0.817. The van der Waals surface area contributed by atoms with E-state index in [0.717, 1.165) is 16.7 Å². The van der Waals surface area contributed by atoms with Crippen LogP contribution in [0.5, 0.6) is 0 Å². The monoisotopic (exact) mass is 422 g/mol. The molecule has 1 heterocycles. The van der Waals surface area contributed by atoms with Crippen LogP contribution in [-0.2, 0) is 9.84 Å². The van der Waals surface area contributed by atoms with Crippen LogP contribution in [0.2, 0.25) is 0 Å². The first-order valence-electron chi connectivity index (χ1n) is 6.38. The van der Waals surface area contributed by atoms with Crippen molar-refractivity contribution in [3.05, 3.63) is 52.1 Å². The molecule has 2 rings (SSSR count). The zero-order valence-corrected chi connectivity index (χ0v) is 14.5.